The van der Waals surface area contributed by atoms with Crippen molar-refractivity contribution in [3.8, 4) is 0 Å². The first-order chi connectivity index (χ1) is 8.45. The number of hydrogen-bond acceptors (Lipinski definition) is 5. The molecule has 0 aliphatic heterocycles. The third kappa shape index (κ3) is 2.43. The van der Waals surface area contributed by atoms with E-state index < -0.39 is 0 Å². The maximum Gasteiger partial charge on any atom is 0.265 e. The van der Waals surface area contributed by atoms with Crippen LogP contribution >= 0.6 is 11.3 Å². The Hall–Kier alpha value is -1.30. The lowest BCUT2D eigenvalue weighted by molar-refractivity contribution is 0.0855. The molecule has 2 rings (SSSR count). The Labute approximate surface area is 111 Å². The van der Waals surface area contributed by atoms with Gasteiger partial charge in [0.15, 0.2) is 5.13 Å². The highest BCUT2D eigenvalue weighted by atomic mass is 32.1. The Morgan fingerprint density at radius 2 is 2.28 bits per heavy atom. The lowest BCUT2D eigenvalue weighted by Gasteiger charge is -2.38. The molecule has 0 bridgehead atoms. The van der Waals surface area contributed by atoms with E-state index in [-0.39, 0.29) is 11.4 Å². The molecule has 1 aromatic rings. The Kier molecular flexibility index (Phi) is 3.47. The van der Waals surface area contributed by atoms with Gasteiger partial charge in [-0.3, -0.25) is 4.79 Å². The van der Waals surface area contributed by atoms with E-state index in [9.17, 15) is 4.79 Å². The van der Waals surface area contributed by atoms with Gasteiger partial charge in [0.05, 0.1) is 0 Å². The van der Waals surface area contributed by atoms with Gasteiger partial charge in [0.25, 0.3) is 5.91 Å². The number of hydrogen-bond donors (Lipinski definition) is 2. The zero-order valence-electron chi connectivity index (χ0n) is 11.1. The lowest BCUT2D eigenvalue weighted by Crippen LogP contribution is -2.50. The number of aromatic nitrogens is 1. The Morgan fingerprint density at radius 3 is 2.78 bits per heavy atom. The summed E-state index contributed by atoms with van der Waals surface area (Å²) in [5.74, 6) is 0.235. The molecule has 1 amide bonds. The van der Waals surface area contributed by atoms with Crippen LogP contribution in [0.5, 0.6) is 0 Å². The van der Waals surface area contributed by atoms with E-state index in [0.717, 1.165) is 24.5 Å². The molecule has 0 saturated heterocycles. The van der Waals surface area contributed by atoms with Crippen LogP contribution in [0.2, 0.25) is 0 Å². The van der Waals surface area contributed by atoms with Crippen molar-refractivity contribution in [2.24, 2.45) is 0 Å². The summed E-state index contributed by atoms with van der Waals surface area (Å²) < 4.78 is 0. The van der Waals surface area contributed by atoms with E-state index in [1.54, 1.807) is 0 Å². The molecule has 0 spiro atoms. The Morgan fingerprint density at radius 1 is 1.61 bits per heavy atom. The molecule has 6 heteroatoms. The van der Waals surface area contributed by atoms with Gasteiger partial charge in [-0.15, -0.1) is 0 Å². The Bertz CT molecular complexity index is 453. The molecule has 5 nitrogen and oxygen atoms in total. The smallest absolute Gasteiger partial charge is 0.265 e. The van der Waals surface area contributed by atoms with Gasteiger partial charge in [-0.2, -0.15) is 0 Å². The summed E-state index contributed by atoms with van der Waals surface area (Å²) in [6, 6.07) is 0. The quantitative estimate of drug-likeness (QED) is 0.874. The number of nitrogens with one attached hydrogen (secondary N) is 1. The van der Waals surface area contributed by atoms with Crippen LogP contribution in [-0.2, 0) is 0 Å². The highest BCUT2D eigenvalue weighted by Crippen LogP contribution is 2.33. The highest BCUT2D eigenvalue weighted by Gasteiger charge is 2.34. The number of rotatable bonds is 4. The number of amides is 1. The predicted octanol–water partition coefficient (Wildman–Crippen LogP) is 1.85. The summed E-state index contributed by atoms with van der Waals surface area (Å²) in [5, 5.41) is 3.84. The van der Waals surface area contributed by atoms with Crippen LogP contribution in [0.3, 0.4) is 0 Å². The van der Waals surface area contributed by atoms with Gasteiger partial charge in [-0.25, -0.2) is 4.98 Å². The fraction of sp³-hybridized carbons (Fsp3) is 0.667. The number of nitrogens with two attached hydrogens (primary N) is 1. The minimum absolute atomic E-state index is 0.0513. The van der Waals surface area contributed by atoms with Gasteiger partial charge in [0.1, 0.15) is 10.7 Å². The van der Waals surface area contributed by atoms with Crippen LogP contribution in [-0.4, -0.2) is 30.0 Å². The second-order valence-corrected chi connectivity index (χ2v) is 6.07. The van der Waals surface area contributed by atoms with Gasteiger partial charge in [0, 0.05) is 19.1 Å². The van der Waals surface area contributed by atoms with Crippen LogP contribution in [0.25, 0.3) is 0 Å². The number of carbonyl (C=O) groups excluding carboxylic acids is 1. The van der Waals surface area contributed by atoms with E-state index >= 15 is 0 Å². The summed E-state index contributed by atoms with van der Waals surface area (Å²) in [6.07, 6.45) is 3.26. The molecular weight excluding hydrogens is 248 g/mol. The maximum atomic E-state index is 12.2. The first kappa shape index (κ1) is 13.1. The van der Waals surface area contributed by atoms with Crippen molar-refractivity contribution >= 4 is 28.2 Å². The molecule has 1 heterocycles. The topological polar surface area (TPSA) is 71.2 Å². The summed E-state index contributed by atoms with van der Waals surface area (Å²) in [5.41, 5.74) is 5.77. The van der Waals surface area contributed by atoms with Gasteiger partial charge in [-0.05, 0) is 33.1 Å². The molecule has 0 unspecified atom stereocenters. The van der Waals surface area contributed by atoms with Gasteiger partial charge >= 0.3 is 0 Å². The van der Waals surface area contributed by atoms with Gasteiger partial charge in [0.2, 0.25) is 0 Å². The zero-order chi connectivity index (χ0) is 13.3. The summed E-state index contributed by atoms with van der Waals surface area (Å²) in [7, 11) is 1.94. The largest absolute Gasteiger partial charge is 0.382 e. The third-order valence-electron chi connectivity index (χ3n) is 3.52. The van der Waals surface area contributed by atoms with Crippen molar-refractivity contribution in [2.45, 2.75) is 38.6 Å². The molecule has 1 aromatic heterocycles. The van der Waals surface area contributed by atoms with Gasteiger partial charge in [-0.1, -0.05) is 11.3 Å². The fourth-order valence-corrected chi connectivity index (χ4v) is 2.85. The van der Waals surface area contributed by atoms with Crippen LogP contribution in [0, 0.1) is 0 Å². The molecule has 0 radical (unpaired) electrons. The summed E-state index contributed by atoms with van der Waals surface area (Å²) in [6.45, 7) is 4.95. The van der Waals surface area contributed by atoms with Crippen molar-refractivity contribution in [3.63, 3.8) is 0 Å². The molecule has 1 saturated carbocycles. The highest BCUT2D eigenvalue weighted by molar-refractivity contribution is 7.18. The zero-order valence-corrected chi connectivity index (χ0v) is 11.9. The molecule has 1 aliphatic carbocycles. The first-order valence-corrected chi connectivity index (χ1v) is 7.07. The Balaban J connectivity index is 2.12. The number of nitrogens with zero attached hydrogens (tertiary/aromatic N) is 2. The van der Waals surface area contributed by atoms with Crippen molar-refractivity contribution in [2.75, 3.05) is 24.2 Å². The van der Waals surface area contributed by atoms with Crippen molar-refractivity contribution in [3.05, 3.63) is 4.88 Å². The molecular formula is C12H20N4OS. The first-order valence-electron chi connectivity index (χ1n) is 6.25. The summed E-state index contributed by atoms with van der Waals surface area (Å²) in [4.78, 5) is 18.9. The normalized spacial score (nSPS) is 17.1. The maximum absolute atomic E-state index is 12.2. The molecule has 100 valence electrons. The SMILES string of the molecule is CCN(C)c1nc(N)c(C(=O)NC2(C)CCC2)s1. The molecule has 18 heavy (non-hydrogen) atoms. The fourth-order valence-electron chi connectivity index (χ4n) is 1.94. The van der Waals surface area contributed by atoms with E-state index in [1.807, 2.05) is 18.9 Å². The van der Waals surface area contributed by atoms with Crippen molar-refractivity contribution < 1.29 is 4.79 Å². The van der Waals surface area contributed by atoms with E-state index in [4.69, 9.17) is 5.73 Å². The minimum atomic E-state index is -0.0945. The average molecular weight is 268 g/mol. The molecule has 1 aliphatic rings. The van der Waals surface area contributed by atoms with Crippen LogP contribution in [0.1, 0.15) is 42.8 Å². The minimum Gasteiger partial charge on any atom is -0.382 e. The number of carbonyl (C=O) groups is 1. The van der Waals surface area contributed by atoms with Crippen LogP contribution in [0.4, 0.5) is 10.9 Å². The van der Waals surface area contributed by atoms with Crippen molar-refractivity contribution in [1.29, 1.82) is 0 Å². The standard InChI is InChI=1S/C12H20N4OS/c1-4-16(3)11-14-9(13)8(18-11)10(17)15-12(2)6-5-7-12/h4-7,13H2,1-3H3,(H,15,17). The molecule has 1 fully saturated rings. The third-order valence-corrected chi connectivity index (χ3v) is 4.71. The number of nitrogen functional groups attached to an aromatic ring is 1. The summed E-state index contributed by atoms with van der Waals surface area (Å²) >= 11 is 1.35. The van der Waals surface area contributed by atoms with Crippen LogP contribution in [0.15, 0.2) is 0 Å². The number of anilines is 2. The monoisotopic (exact) mass is 268 g/mol. The number of thiazole rings is 1. The van der Waals surface area contributed by atoms with Crippen molar-refractivity contribution in [1.82, 2.24) is 10.3 Å². The van der Waals surface area contributed by atoms with Gasteiger partial charge < -0.3 is 16.0 Å². The van der Waals surface area contributed by atoms with E-state index in [1.165, 1.54) is 17.8 Å². The van der Waals surface area contributed by atoms with E-state index in [2.05, 4.69) is 17.2 Å². The molecule has 0 aromatic carbocycles. The lowest BCUT2D eigenvalue weighted by atomic mass is 9.78. The molecule has 3 N–H and O–H groups in total. The second kappa shape index (κ2) is 4.76. The second-order valence-electron chi connectivity index (χ2n) is 5.09. The van der Waals surface area contributed by atoms with E-state index in [0.29, 0.717) is 10.7 Å². The predicted molar refractivity (Wildman–Crippen MR) is 75.2 cm³/mol. The average Bonchev–Trinajstić information content (AvgIpc) is 2.68. The van der Waals surface area contributed by atoms with Crippen LogP contribution < -0.4 is 16.0 Å². The molecule has 0 atom stereocenters.